The minimum Gasteiger partial charge on any atom is -0.487 e. The van der Waals surface area contributed by atoms with Gasteiger partial charge in [0.2, 0.25) is 15.9 Å². The van der Waals surface area contributed by atoms with Crippen LogP contribution in [0.5, 0.6) is 5.75 Å². The van der Waals surface area contributed by atoms with Gasteiger partial charge in [-0.15, -0.1) is 0 Å². The molecule has 2 N–H and O–H groups in total. The van der Waals surface area contributed by atoms with Gasteiger partial charge in [0.25, 0.3) is 0 Å². The van der Waals surface area contributed by atoms with Crippen LogP contribution in [0.15, 0.2) is 41.8 Å². The zero-order valence-electron chi connectivity index (χ0n) is 13.6. The third-order valence-corrected chi connectivity index (χ3v) is 5.85. The number of nitrogens with two attached hydrogens (primary N) is 1. The maximum Gasteiger partial charge on any atom is 0.247 e. The Morgan fingerprint density at radius 1 is 1.44 bits per heavy atom. The van der Waals surface area contributed by atoms with E-state index in [1.54, 1.807) is 18.3 Å². The molecule has 134 valence electrons. The number of ether oxygens (including phenoxy) is 1. The highest BCUT2D eigenvalue weighted by Crippen LogP contribution is 2.28. The molecule has 9 nitrogen and oxygen atoms in total. The first kappa shape index (κ1) is 17.4. The van der Waals surface area contributed by atoms with Crippen LogP contribution in [-0.2, 0) is 21.4 Å². The predicted molar refractivity (Wildman–Crippen MR) is 88.0 cm³/mol. The summed E-state index contributed by atoms with van der Waals surface area (Å²) in [6, 6.07) is 2.47. The van der Waals surface area contributed by atoms with Crippen LogP contribution in [0.25, 0.3) is 0 Å². The Hall–Kier alpha value is -2.46. The SMILES string of the molecule is CCn1cc(S(=O)(=O)N2C[C@@H](Oc3cccnc3)C[C@H]2C(N)=O)cn1. The van der Waals surface area contributed by atoms with Crippen LogP contribution in [0.2, 0.25) is 0 Å². The van der Waals surface area contributed by atoms with Crippen LogP contribution < -0.4 is 10.5 Å². The van der Waals surface area contributed by atoms with Crippen LogP contribution in [-0.4, -0.2) is 52.1 Å². The highest BCUT2D eigenvalue weighted by Gasteiger charge is 2.44. The molecule has 0 unspecified atom stereocenters. The summed E-state index contributed by atoms with van der Waals surface area (Å²) in [4.78, 5) is 15.8. The molecule has 1 amide bonds. The number of carbonyl (C=O) groups is 1. The normalized spacial score (nSPS) is 21.3. The molecule has 25 heavy (non-hydrogen) atoms. The lowest BCUT2D eigenvalue weighted by Gasteiger charge is -2.20. The van der Waals surface area contributed by atoms with Gasteiger partial charge in [-0.3, -0.25) is 14.5 Å². The number of sulfonamides is 1. The monoisotopic (exact) mass is 365 g/mol. The number of aryl methyl sites for hydroxylation is 1. The molecule has 0 aromatic carbocycles. The van der Waals surface area contributed by atoms with E-state index in [1.807, 2.05) is 6.92 Å². The second-order valence-corrected chi connectivity index (χ2v) is 7.58. The van der Waals surface area contributed by atoms with Gasteiger partial charge in [0.05, 0.1) is 18.9 Å². The fourth-order valence-electron chi connectivity index (χ4n) is 2.77. The fraction of sp³-hybridized carbons (Fsp3) is 0.400. The molecule has 0 spiro atoms. The fourth-order valence-corrected chi connectivity index (χ4v) is 4.37. The van der Waals surface area contributed by atoms with Crippen molar-refractivity contribution in [2.45, 2.75) is 36.9 Å². The van der Waals surface area contributed by atoms with Crippen LogP contribution in [0.3, 0.4) is 0 Å². The van der Waals surface area contributed by atoms with E-state index in [1.165, 1.54) is 23.3 Å². The van der Waals surface area contributed by atoms with E-state index in [0.717, 1.165) is 4.31 Å². The summed E-state index contributed by atoms with van der Waals surface area (Å²) >= 11 is 0. The predicted octanol–water partition coefficient (Wildman–Crippen LogP) is -0.00610. The smallest absolute Gasteiger partial charge is 0.247 e. The van der Waals surface area contributed by atoms with Gasteiger partial charge in [-0.1, -0.05) is 0 Å². The van der Waals surface area contributed by atoms with E-state index in [0.29, 0.717) is 12.3 Å². The Morgan fingerprint density at radius 3 is 2.84 bits per heavy atom. The maximum absolute atomic E-state index is 12.9. The molecule has 2 aromatic rings. The molecule has 0 bridgehead atoms. The second kappa shape index (κ2) is 6.81. The maximum atomic E-state index is 12.9. The van der Waals surface area contributed by atoms with Crippen LogP contribution in [0.4, 0.5) is 0 Å². The van der Waals surface area contributed by atoms with Gasteiger partial charge in [0.15, 0.2) is 0 Å². The average molecular weight is 365 g/mol. The van der Waals surface area contributed by atoms with Crippen LogP contribution in [0, 0.1) is 0 Å². The first-order valence-electron chi connectivity index (χ1n) is 7.82. The van der Waals surface area contributed by atoms with Crippen molar-refractivity contribution in [3.8, 4) is 5.75 Å². The Morgan fingerprint density at radius 2 is 2.24 bits per heavy atom. The van der Waals surface area contributed by atoms with Crippen LogP contribution in [0.1, 0.15) is 13.3 Å². The second-order valence-electron chi connectivity index (χ2n) is 5.69. The molecule has 1 fully saturated rings. The average Bonchev–Trinajstić information content (AvgIpc) is 3.23. The van der Waals surface area contributed by atoms with Crippen molar-refractivity contribution in [3.63, 3.8) is 0 Å². The summed E-state index contributed by atoms with van der Waals surface area (Å²) in [5.74, 6) is -0.197. The first-order chi connectivity index (χ1) is 11.9. The number of hydrogen-bond acceptors (Lipinski definition) is 6. The standard InChI is InChI=1S/C15H19N5O4S/c1-2-19-10-13(8-18-19)25(22,23)20-9-12(6-14(20)15(16)21)24-11-4-3-5-17-7-11/h3-5,7-8,10,12,14H,2,6,9H2,1H3,(H2,16,21)/t12-,14-/m0/s1. The zero-order valence-corrected chi connectivity index (χ0v) is 14.5. The van der Waals surface area contributed by atoms with Crippen molar-refractivity contribution in [1.29, 1.82) is 0 Å². The molecule has 2 atom stereocenters. The number of carbonyl (C=O) groups excluding carboxylic acids is 1. The van der Waals surface area contributed by atoms with Crippen molar-refractivity contribution in [1.82, 2.24) is 19.1 Å². The molecule has 1 aliphatic rings. The number of aromatic nitrogens is 3. The topological polar surface area (TPSA) is 120 Å². The van der Waals surface area contributed by atoms with Gasteiger partial charge in [-0.05, 0) is 19.1 Å². The summed E-state index contributed by atoms with van der Waals surface area (Å²) < 4.78 is 34.1. The third kappa shape index (κ3) is 3.49. The van der Waals surface area contributed by atoms with E-state index < -0.39 is 28.1 Å². The molecule has 0 radical (unpaired) electrons. The number of nitrogens with zero attached hydrogens (tertiary/aromatic N) is 4. The summed E-state index contributed by atoms with van der Waals surface area (Å²) in [6.45, 7) is 2.42. The van der Waals surface area contributed by atoms with Crippen molar-refractivity contribution in [2.75, 3.05) is 6.54 Å². The molecule has 0 aliphatic carbocycles. The Labute approximate surface area is 145 Å². The Kier molecular flexibility index (Phi) is 4.73. The van der Waals surface area contributed by atoms with Gasteiger partial charge in [-0.25, -0.2) is 8.42 Å². The Balaban J connectivity index is 1.84. The molecule has 1 aliphatic heterocycles. The highest BCUT2D eigenvalue weighted by molar-refractivity contribution is 7.89. The van der Waals surface area contributed by atoms with Crippen molar-refractivity contribution < 1.29 is 17.9 Å². The van der Waals surface area contributed by atoms with Gasteiger partial charge in [0, 0.05) is 25.4 Å². The molecule has 3 rings (SSSR count). The van der Waals surface area contributed by atoms with Gasteiger partial charge < -0.3 is 10.5 Å². The van der Waals surface area contributed by atoms with E-state index in [9.17, 15) is 13.2 Å². The lowest BCUT2D eigenvalue weighted by atomic mass is 10.2. The minimum atomic E-state index is -3.89. The largest absolute Gasteiger partial charge is 0.487 e. The zero-order chi connectivity index (χ0) is 18.0. The molecule has 10 heteroatoms. The molecule has 1 saturated heterocycles. The van der Waals surface area contributed by atoms with Crippen LogP contribution >= 0.6 is 0 Å². The van der Waals surface area contributed by atoms with Crippen molar-refractivity contribution in [3.05, 3.63) is 36.9 Å². The van der Waals surface area contributed by atoms with E-state index >= 15 is 0 Å². The number of hydrogen-bond donors (Lipinski definition) is 1. The van der Waals surface area contributed by atoms with Crippen molar-refractivity contribution >= 4 is 15.9 Å². The molecule has 2 aromatic heterocycles. The summed E-state index contributed by atoms with van der Waals surface area (Å²) in [7, 11) is -3.89. The van der Waals surface area contributed by atoms with E-state index in [-0.39, 0.29) is 17.9 Å². The van der Waals surface area contributed by atoms with E-state index in [4.69, 9.17) is 10.5 Å². The highest BCUT2D eigenvalue weighted by atomic mass is 32.2. The number of rotatable bonds is 6. The summed E-state index contributed by atoms with van der Waals surface area (Å²) in [5, 5.41) is 3.98. The van der Waals surface area contributed by atoms with Gasteiger partial charge in [0.1, 0.15) is 22.8 Å². The first-order valence-corrected chi connectivity index (χ1v) is 9.26. The number of pyridine rings is 1. The number of amides is 1. The number of primary amides is 1. The van der Waals surface area contributed by atoms with Crippen molar-refractivity contribution in [2.24, 2.45) is 5.73 Å². The van der Waals surface area contributed by atoms with Gasteiger partial charge in [-0.2, -0.15) is 9.40 Å². The summed E-state index contributed by atoms with van der Waals surface area (Å²) in [5.41, 5.74) is 5.42. The quantitative estimate of drug-likeness (QED) is 0.769. The summed E-state index contributed by atoms with van der Waals surface area (Å²) in [6.07, 6.45) is 5.54. The molecular formula is C15H19N5O4S. The molecule has 3 heterocycles. The third-order valence-electron chi connectivity index (χ3n) is 4.02. The minimum absolute atomic E-state index is 0.0299. The lowest BCUT2D eigenvalue weighted by molar-refractivity contribution is -0.121. The van der Waals surface area contributed by atoms with E-state index in [2.05, 4.69) is 10.1 Å². The van der Waals surface area contributed by atoms with Gasteiger partial charge >= 0.3 is 0 Å². The Bertz CT molecular complexity index is 852. The molecular weight excluding hydrogens is 346 g/mol. The molecule has 0 saturated carbocycles. The lowest BCUT2D eigenvalue weighted by Crippen LogP contribution is -2.43.